The first-order valence-electron chi connectivity index (χ1n) is 10.2. The third kappa shape index (κ3) is 4.71. The van der Waals surface area contributed by atoms with Gasteiger partial charge in [0.15, 0.2) is 5.16 Å². The zero-order valence-corrected chi connectivity index (χ0v) is 19.6. The predicted octanol–water partition coefficient (Wildman–Crippen LogP) is 5.08. The van der Waals surface area contributed by atoms with Gasteiger partial charge in [0.25, 0.3) is 5.56 Å². The Kier molecular flexibility index (Phi) is 6.79. The lowest BCUT2D eigenvalue weighted by molar-refractivity contribution is -0.115. The van der Waals surface area contributed by atoms with E-state index in [0.29, 0.717) is 22.5 Å². The van der Waals surface area contributed by atoms with Crippen molar-refractivity contribution < 1.29 is 4.79 Å². The van der Waals surface area contributed by atoms with E-state index in [9.17, 15) is 9.59 Å². The van der Waals surface area contributed by atoms with E-state index >= 15 is 0 Å². The molecule has 3 aromatic heterocycles. The Hall–Kier alpha value is -2.16. The second kappa shape index (κ2) is 9.54. The number of nitrogens with one attached hydrogen (secondary N) is 1. The number of halogens is 1. The summed E-state index contributed by atoms with van der Waals surface area (Å²) in [6.45, 7) is 5.93. The van der Waals surface area contributed by atoms with Crippen molar-refractivity contribution in [2.45, 2.75) is 56.0 Å². The van der Waals surface area contributed by atoms with Crippen molar-refractivity contribution >= 4 is 56.6 Å². The number of thiophene rings is 1. The summed E-state index contributed by atoms with van der Waals surface area (Å²) in [5.41, 5.74) is 1.13. The zero-order valence-electron chi connectivity index (χ0n) is 17.2. The maximum Gasteiger partial charge on any atom is 0.263 e. The van der Waals surface area contributed by atoms with Crippen LogP contribution in [-0.2, 0) is 24.2 Å². The van der Waals surface area contributed by atoms with Crippen LogP contribution in [0.5, 0.6) is 0 Å². The second-order valence-corrected chi connectivity index (χ2v) is 10.3. The van der Waals surface area contributed by atoms with Crippen LogP contribution in [0.3, 0.4) is 0 Å². The van der Waals surface area contributed by atoms with Gasteiger partial charge in [-0.25, -0.2) is 9.97 Å². The maximum absolute atomic E-state index is 13.4. The maximum atomic E-state index is 13.4. The fourth-order valence-corrected chi connectivity index (χ4v) is 6.00. The number of nitrogens with zero attached hydrogens (tertiary/aromatic N) is 3. The van der Waals surface area contributed by atoms with E-state index in [0.717, 1.165) is 35.9 Å². The van der Waals surface area contributed by atoms with Crippen molar-refractivity contribution in [2.24, 2.45) is 0 Å². The molecule has 0 bridgehead atoms. The summed E-state index contributed by atoms with van der Waals surface area (Å²) in [5.74, 6) is 0.206. The van der Waals surface area contributed by atoms with Crippen molar-refractivity contribution in [3.63, 3.8) is 0 Å². The summed E-state index contributed by atoms with van der Waals surface area (Å²) in [5, 5.41) is 4.08. The van der Waals surface area contributed by atoms with E-state index in [2.05, 4.69) is 16.9 Å². The van der Waals surface area contributed by atoms with E-state index in [1.165, 1.54) is 34.8 Å². The number of hydrogen-bond acceptors (Lipinski definition) is 6. The third-order valence-corrected chi connectivity index (χ3v) is 7.73. The zero-order chi connectivity index (χ0) is 22.0. The summed E-state index contributed by atoms with van der Waals surface area (Å²) in [6, 6.07) is 3.31. The van der Waals surface area contributed by atoms with Crippen LogP contribution in [0.15, 0.2) is 40.9 Å². The van der Waals surface area contributed by atoms with Crippen LogP contribution in [0.1, 0.15) is 36.6 Å². The van der Waals surface area contributed by atoms with Crippen LogP contribution in [0.2, 0.25) is 5.02 Å². The molecule has 6 nitrogen and oxygen atoms in total. The highest BCUT2D eigenvalue weighted by Gasteiger charge is 2.24. The lowest BCUT2D eigenvalue weighted by Crippen LogP contribution is -2.27. The summed E-state index contributed by atoms with van der Waals surface area (Å²) in [7, 11) is 0. The Morgan fingerprint density at radius 3 is 2.94 bits per heavy atom. The average molecular weight is 475 g/mol. The number of pyridine rings is 1. The van der Waals surface area contributed by atoms with E-state index in [4.69, 9.17) is 16.6 Å². The van der Waals surface area contributed by atoms with Gasteiger partial charge in [-0.2, -0.15) is 0 Å². The highest BCUT2D eigenvalue weighted by molar-refractivity contribution is 8.00. The van der Waals surface area contributed by atoms with Gasteiger partial charge in [-0.3, -0.25) is 14.2 Å². The molecule has 9 heteroatoms. The minimum Gasteiger partial charge on any atom is -0.310 e. The van der Waals surface area contributed by atoms with Crippen LogP contribution < -0.4 is 10.9 Å². The first-order valence-corrected chi connectivity index (χ1v) is 12.3. The van der Waals surface area contributed by atoms with Gasteiger partial charge >= 0.3 is 0 Å². The number of rotatable bonds is 6. The molecule has 0 aromatic carbocycles. The Balaban J connectivity index is 1.65. The molecule has 3 heterocycles. The quantitative estimate of drug-likeness (QED) is 0.233. The monoisotopic (exact) mass is 474 g/mol. The number of hydrogen-bond donors (Lipinski definition) is 1. The summed E-state index contributed by atoms with van der Waals surface area (Å²) >= 11 is 8.73. The number of allylic oxidation sites excluding steroid dienone is 1. The van der Waals surface area contributed by atoms with E-state index in [1.54, 1.807) is 41.0 Å². The van der Waals surface area contributed by atoms with E-state index < -0.39 is 5.25 Å². The Morgan fingerprint density at radius 1 is 1.39 bits per heavy atom. The highest BCUT2D eigenvalue weighted by Crippen LogP contribution is 2.34. The van der Waals surface area contributed by atoms with Crippen molar-refractivity contribution in [3.05, 3.63) is 56.8 Å². The van der Waals surface area contributed by atoms with Crippen molar-refractivity contribution in [1.29, 1.82) is 0 Å². The topological polar surface area (TPSA) is 76.9 Å². The number of thioether (sulfide) groups is 1. The molecule has 162 valence electrons. The van der Waals surface area contributed by atoms with Crippen molar-refractivity contribution in [3.8, 4) is 0 Å². The summed E-state index contributed by atoms with van der Waals surface area (Å²) < 4.78 is 1.63. The molecule has 31 heavy (non-hydrogen) atoms. The van der Waals surface area contributed by atoms with Gasteiger partial charge in [0.05, 0.1) is 15.7 Å². The molecule has 0 fully saturated rings. The Labute approximate surface area is 193 Å². The second-order valence-electron chi connectivity index (χ2n) is 7.45. The molecule has 1 aliphatic carbocycles. The number of carbonyl (C=O) groups excluding carboxylic acids is 1. The first kappa shape index (κ1) is 22.0. The lowest BCUT2D eigenvalue weighted by Gasteiger charge is -2.15. The molecular weight excluding hydrogens is 452 g/mol. The summed E-state index contributed by atoms with van der Waals surface area (Å²) in [4.78, 5) is 37.0. The SMILES string of the molecule is C=CCn1c(S[C@@H](C)C(=O)Nc2ccc(Cl)cn2)nc2sc3c(c2c1=O)CCCCC3. The van der Waals surface area contributed by atoms with Crippen LogP contribution in [-0.4, -0.2) is 25.7 Å². The first-order chi connectivity index (χ1) is 15.0. The molecule has 1 aliphatic rings. The predicted molar refractivity (Wildman–Crippen MR) is 129 cm³/mol. The van der Waals surface area contributed by atoms with Crippen LogP contribution in [0, 0.1) is 0 Å². The molecule has 0 radical (unpaired) electrons. The van der Waals surface area contributed by atoms with Gasteiger partial charge in [0.1, 0.15) is 10.6 Å². The molecule has 0 spiro atoms. The molecule has 1 amide bonds. The third-order valence-electron chi connectivity index (χ3n) is 5.23. The number of anilines is 1. The fourth-order valence-electron chi connectivity index (χ4n) is 3.67. The molecule has 0 aliphatic heterocycles. The smallest absolute Gasteiger partial charge is 0.263 e. The fraction of sp³-hybridized carbons (Fsp3) is 0.364. The highest BCUT2D eigenvalue weighted by atomic mass is 35.5. The molecule has 1 atom stereocenters. The molecule has 3 aromatic rings. The van der Waals surface area contributed by atoms with Gasteiger partial charge in [0.2, 0.25) is 5.91 Å². The van der Waals surface area contributed by atoms with Crippen LogP contribution >= 0.6 is 34.7 Å². The van der Waals surface area contributed by atoms with Crippen LogP contribution in [0.25, 0.3) is 10.2 Å². The average Bonchev–Trinajstić information content (AvgIpc) is 2.93. The normalized spacial score (nSPS) is 14.6. The summed E-state index contributed by atoms with van der Waals surface area (Å²) in [6.07, 6.45) is 8.55. The minimum atomic E-state index is -0.476. The van der Waals surface area contributed by atoms with E-state index in [-0.39, 0.29) is 11.5 Å². The molecule has 0 saturated carbocycles. The van der Waals surface area contributed by atoms with Crippen LogP contribution in [0.4, 0.5) is 5.82 Å². The molecule has 1 N–H and O–H groups in total. The Morgan fingerprint density at radius 2 is 2.19 bits per heavy atom. The molecule has 0 saturated heterocycles. The number of carbonyl (C=O) groups is 1. The van der Waals surface area contributed by atoms with E-state index in [1.807, 2.05) is 0 Å². The standard InChI is InChI=1S/C22H23ClN4O2S2/c1-3-11-27-21(29)18-15-7-5-4-6-8-16(15)31-20(18)26-22(27)30-13(2)19(28)25-17-10-9-14(23)12-24-17/h3,9-10,12-13H,1,4-8,11H2,2H3,(H,24,25,28)/t13-/m0/s1. The van der Waals surface area contributed by atoms with Gasteiger partial charge in [-0.15, -0.1) is 17.9 Å². The molecular formula is C22H23ClN4O2S2. The van der Waals surface area contributed by atoms with Gasteiger partial charge in [0, 0.05) is 17.6 Å². The van der Waals surface area contributed by atoms with Crippen molar-refractivity contribution in [2.75, 3.05) is 5.32 Å². The lowest BCUT2D eigenvalue weighted by atomic mass is 10.1. The molecule has 0 unspecified atom stereocenters. The van der Waals surface area contributed by atoms with Gasteiger partial charge in [-0.1, -0.05) is 35.9 Å². The number of fused-ring (bicyclic) bond motifs is 3. The number of aromatic nitrogens is 3. The number of amides is 1. The largest absolute Gasteiger partial charge is 0.310 e. The Bertz CT molecular complexity index is 1190. The minimum absolute atomic E-state index is 0.0428. The van der Waals surface area contributed by atoms with Crippen molar-refractivity contribution in [1.82, 2.24) is 14.5 Å². The number of aryl methyl sites for hydroxylation is 2. The van der Waals surface area contributed by atoms with Gasteiger partial charge in [-0.05, 0) is 50.3 Å². The molecule has 4 rings (SSSR count). The van der Waals surface area contributed by atoms with Gasteiger partial charge < -0.3 is 5.32 Å².